The maximum absolute atomic E-state index is 4.04. The summed E-state index contributed by atoms with van der Waals surface area (Å²) in [5.74, 6) is 0. The van der Waals surface area contributed by atoms with Crippen molar-refractivity contribution in [2.75, 3.05) is 0 Å². The van der Waals surface area contributed by atoms with Gasteiger partial charge in [0.1, 0.15) is 6.01 Å². The summed E-state index contributed by atoms with van der Waals surface area (Å²) < 4.78 is 0. The van der Waals surface area contributed by atoms with Crippen LogP contribution in [-0.2, 0) is 0 Å². The molecule has 0 N–H and O–H groups in total. The highest BCUT2D eigenvalue weighted by Crippen LogP contribution is 1.98. The smallest absolute Gasteiger partial charge is 0.100 e. The fraction of sp³-hybridized carbons (Fsp3) is 0.250. The van der Waals surface area contributed by atoms with E-state index in [1.807, 2.05) is 45.1 Å². The largest absolute Gasteiger partial charge is 0.188 e. The van der Waals surface area contributed by atoms with Crippen molar-refractivity contribution in [2.24, 2.45) is 9.98 Å². The predicted molar refractivity (Wildman–Crippen MR) is 62.4 cm³/mol. The van der Waals surface area contributed by atoms with E-state index in [1.165, 1.54) is 0 Å². The lowest BCUT2D eigenvalue weighted by atomic mass is 10.4. The first-order chi connectivity index (χ1) is 6.78. The summed E-state index contributed by atoms with van der Waals surface area (Å²) in [6.07, 6.45) is 9.22. The number of aliphatic imine (C=N–C) groups is 2. The first-order valence-electron chi connectivity index (χ1n) is 4.52. The van der Waals surface area contributed by atoms with E-state index < -0.39 is 0 Å². The van der Waals surface area contributed by atoms with Crippen LogP contribution in [0.3, 0.4) is 0 Å². The Bertz CT molecular complexity index is 324. The van der Waals surface area contributed by atoms with Gasteiger partial charge in [0.15, 0.2) is 0 Å². The second kappa shape index (κ2) is 7.96. The molecule has 14 heavy (non-hydrogen) atoms. The molecule has 0 unspecified atom stereocenters. The lowest BCUT2D eigenvalue weighted by Gasteiger charge is -1.86. The molecule has 0 atom stereocenters. The van der Waals surface area contributed by atoms with E-state index in [0.29, 0.717) is 0 Å². The van der Waals surface area contributed by atoms with Crippen LogP contribution in [0.25, 0.3) is 0 Å². The number of rotatable bonds is 4. The van der Waals surface area contributed by atoms with Crippen LogP contribution in [0.1, 0.15) is 20.8 Å². The van der Waals surface area contributed by atoms with E-state index in [-0.39, 0.29) is 0 Å². The molecule has 0 aromatic heterocycles. The molecule has 2 nitrogen and oxygen atoms in total. The van der Waals surface area contributed by atoms with Crippen molar-refractivity contribution < 1.29 is 0 Å². The Morgan fingerprint density at radius 1 is 1.07 bits per heavy atom. The monoisotopic (exact) mass is 188 g/mol. The van der Waals surface area contributed by atoms with Gasteiger partial charge in [-0.25, -0.2) is 0 Å². The topological polar surface area (TPSA) is 24.7 Å². The van der Waals surface area contributed by atoms with Gasteiger partial charge in [-0.15, -0.1) is 0 Å². The van der Waals surface area contributed by atoms with Crippen molar-refractivity contribution in [3.05, 3.63) is 48.4 Å². The minimum Gasteiger partial charge on any atom is -0.188 e. The van der Waals surface area contributed by atoms with Crippen molar-refractivity contribution in [1.82, 2.24) is 0 Å². The zero-order valence-corrected chi connectivity index (χ0v) is 8.99. The maximum atomic E-state index is 4.04. The molecule has 2 heteroatoms. The Hall–Kier alpha value is -1.66. The van der Waals surface area contributed by atoms with Crippen LogP contribution >= 0.6 is 0 Å². The second-order valence-electron chi connectivity index (χ2n) is 2.45. The lowest BCUT2D eigenvalue weighted by molar-refractivity contribution is 1.35. The van der Waals surface area contributed by atoms with E-state index >= 15 is 0 Å². The Morgan fingerprint density at radius 3 is 2.07 bits per heavy atom. The van der Waals surface area contributed by atoms with Crippen LogP contribution in [0.2, 0.25) is 0 Å². The van der Waals surface area contributed by atoms with Gasteiger partial charge in [0, 0.05) is 0 Å². The highest BCUT2D eigenvalue weighted by atomic mass is 14.8. The average Bonchev–Trinajstić information content (AvgIpc) is 2.23. The highest BCUT2D eigenvalue weighted by Gasteiger charge is 1.82. The fourth-order valence-corrected chi connectivity index (χ4v) is 0.737. The Balaban J connectivity index is 4.64. The van der Waals surface area contributed by atoms with E-state index in [4.69, 9.17) is 0 Å². The van der Waals surface area contributed by atoms with E-state index in [9.17, 15) is 0 Å². The molecule has 0 rings (SSSR count). The molecule has 0 aromatic carbocycles. The Kier molecular flexibility index (Phi) is 7.02. The van der Waals surface area contributed by atoms with Gasteiger partial charge in [0.2, 0.25) is 0 Å². The zero-order chi connectivity index (χ0) is 10.8. The van der Waals surface area contributed by atoms with Crippen LogP contribution in [-0.4, -0.2) is 6.01 Å². The van der Waals surface area contributed by atoms with Crippen LogP contribution in [0.15, 0.2) is 58.3 Å². The van der Waals surface area contributed by atoms with Crippen molar-refractivity contribution >= 4 is 6.01 Å². The van der Waals surface area contributed by atoms with Gasteiger partial charge in [-0.2, -0.15) is 9.98 Å². The average molecular weight is 188 g/mol. The molecular weight excluding hydrogens is 172 g/mol. The quantitative estimate of drug-likeness (QED) is 0.474. The molecule has 0 spiro atoms. The standard InChI is InChI=1S/C12H16N2/c1-5-9-12(8-4)14-10-13-11(6-2)7-3/h5-9H,2H2,1,3-4H3/b9-5-,11-7+,12-8+. The molecule has 0 fully saturated rings. The van der Waals surface area contributed by atoms with Gasteiger partial charge in [-0.3, -0.25) is 0 Å². The molecule has 74 valence electrons. The molecule has 0 aliphatic heterocycles. The molecule has 0 amide bonds. The van der Waals surface area contributed by atoms with E-state index in [1.54, 1.807) is 6.08 Å². The summed E-state index contributed by atoms with van der Waals surface area (Å²) in [5, 5.41) is 0. The van der Waals surface area contributed by atoms with Crippen LogP contribution in [0.5, 0.6) is 0 Å². The van der Waals surface area contributed by atoms with Gasteiger partial charge < -0.3 is 0 Å². The summed E-state index contributed by atoms with van der Waals surface area (Å²) in [5.41, 5.74) is 1.61. The second-order valence-corrected chi connectivity index (χ2v) is 2.45. The maximum Gasteiger partial charge on any atom is 0.100 e. The SMILES string of the molecule is C=C/C(=C\C)N=C=NC(/C=C\C)=C/C. The lowest BCUT2D eigenvalue weighted by Crippen LogP contribution is -1.71. The minimum absolute atomic E-state index is 0.768. The van der Waals surface area contributed by atoms with Crippen LogP contribution in [0.4, 0.5) is 0 Å². The third kappa shape index (κ3) is 5.07. The Morgan fingerprint density at radius 2 is 1.64 bits per heavy atom. The minimum atomic E-state index is 0.768. The molecule has 0 saturated heterocycles. The number of hydrogen-bond acceptors (Lipinski definition) is 2. The number of nitrogens with zero attached hydrogens (tertiary/aromatic N) is 2. The molecule has 0 bridgehead atoms. The van der Waals surface area contributed by atoms with Gasteiger partial charge in [0.25, 0.3) is 0 Å². The van der Waals surface area contributed by atoms with Crippen molar-refractivity contribution in [2.45, 2.75) is 20.8 Å². The summed E-state index contributed by atoms with van der Waals surface area (Å²) >= 11 is 0. The normalized spacial score (nSPS) is 12.5. The van der Waals surface area contributed by atoms with E-state index in [0.717, 1.165) is 11.4 Å². The molecule has 0 aliphatic carbocycles. The number of allylic oxidation sites excluding steroid dienone is 5. The van der Waals surface area contributed by atoms with Gasteiger partial charge in [-0.1, -0.05) is 24.8 Å². The summed E-state index contributed by atoms with van der Waals surface area (Å²) in [7, 11) is 0. The van der Waals surface area contributed by atoms with Gasteiger partial charge >= 0.3 is 0 Å². The van der Waals surface area contributed by atoms with Crippen LogP contribution < -0.4 is 0 Å². The molecule has 0 heterocycles. The first kappa shape index (κ1) is 12.3. The summed E-state index contributed by atoms with van der Waals surface area (Å²) in [4.78, 5) is 8.02. The molecule has 0 radical (unpaired) electrons. The first-order valence-corrected chi connectivity index (χ1v) is 4.52. The summed E-state index contributed by atoms with van der Waals surface area (Å²) in [6.45, 7) is 9.37. The highest BCUT2D eigenvalue weighted by molar-refractivity contribution is 5.48. The molecule has 0 saturated carbocycles. The van der Waals surface area contributed by atoms with Gasteiger partial charge in [-0.05, 0) is 32.9 Å². The molecule has 0 aliphatic rings. The summed E-state index contributed by atoms with van der Waals surface area (Å²) in [6, 6.07) is 2.61. The van der Waals surface area contributed by atoms with Crippen molar-refractivity contribution in [3.8, 4) is 0 Å². The number of hydrogen-bond donors (Lipinski definition) is 0. The van der Waals surface area contributed by atoms with Crippen LogP contribution in [0, 0.1) is 0 Å². The third-order valence-electron chi connectivity index (χ3n) is 1.50. The fourth-order valence-electron chi connectivity index (χ4n) is 0.737. The van der Waals surface area contributed by atoms with E-state index in [2.05, 4.69) is 22.6 Å². The third-order valence-corrected chi connectivity index (χ3v) is 1.50. The van der Waals surface area contributed by atoms with Gasteiger partial charge in [0.05, 0.1) is 11.4 Å². The predicted octanol–water partition coefficient (Wildman–Crippen LogP) is 3.73. The van der Waals surface area contributed by atoms with Crippen molar-refractivity contribution in [3.63, 3.8) is 0 Å². The zero-order valence-electron chi connectivity index (χ0n) is 8.99. The van der Waals surface area contributed by atoms with Crippen molar-refractivity contribution in [1.29, 1.82) is 0 Å². The molecule has 0 aromatic rings. The molecular formula is C12H16N2. The Labute approximate surface area is 85.8 Å².